The summed E-state index contributed by atoms with van der Waals surface area (Å²) in [5.41, 5.74) is 5.84. The molecule has 0 radical (unpaired) electrons. The summed E-state index contributed by atoms with van der Waals surface area (Å²) in [6.07, 6.45) is 0.596. The number of aromatic nitrogens is 2. The Morgan fingerprint density at radius 2 is 2.24 bits per heavy atom. The molecule has 7 heteroatoms. The van der Waals surface area contributed by atoms with E-state index >= 15 is 0 Å². The van der Waals surface area contributed by atoms with Crippen molar-refractivity contribution in [1.82, 2.24) is 9.97 Å². The highest BCUT2D eigenvalue weighted by atomic mass is 32.2. The van der Waals surface area contributed by atoms with Gasteiger partial charge in [-0.1, -0.05) is 0 Å². The predicted octanol–water partition coefficient (Wildman–Crippen LogP) is 1.18. The Balaban J connectivity index is 2.06. The number of nitrogen functional groups attached to an aromatic ring is 1. The van der Waals surface area contributed by atoms with E-state index in [1.54, 1.807) is 0 Å². The molecular weight excluding hydrogens is 258 g/mol. The van der Waals surface area contributed by atoms with E-state index in [-0.39, 0.29) is 17.4 Å². The number of hydrogen-bond acceptors (Lipinski definition) is 6. The van der Waals surface area contributed by atoms with Gasteiger partial charge in [0.1, 0.15) is 16.5 Å². The van der Waals surface area contributed by atoms with Gasteiger partial charge >= 0.3 is 0 Å². The average molecular weight is 269 g/mol. The fraction of sp³-hybridized carbons (Fsp3) is 0.400. The summed E-state index contributed by atoms with van der Waals surface area (Å²) in [7, 11) is -2.91. The van der Waals surface area contributed by atoms with Crippen LogP contribution < -0.4 is 5.73 Å². The van der Waals surface area contributed by atoms with Crippen molar-refractivity contribution in [1.29, 1.82) is 0 Å². The van der Waals surface area contributed by atoms with Crippen LogP contribution in [0.25, 0.3) is 10.2 Å². The van der Waals surface area contributed by atoms with E-state index in [9.17, 15) is 8.42 Å². The molecule has 5 nitrogen and oxygen atoms in total. The van der Waals surface area contributed by atoms with Gasteiger partial charge in [0, 0.05) is 5.92 Å². The Morgan fingerprint density at radius 1 is 1.41 bits per heavy atom. The molecule has 0 amide bonds. The highest BCUT2D eigenvalue weighted by molar-refractivity contribution is 7.91. The summed E-state index contributed by atoms with van der Waals surface area (Å²) in [4.78, 5) is 9.47. The molecule has 1 unspecified atom stereocenters. The number of sulfone groups is 1. The van der Waals surface area contributed by atoms with Crippen molar-refractivity contribution in [2.75, 3.05) is 17.2 Å². The quantitative estimate of drug-likeness (QED) is 0.840. The normalized spacial score (nSPS) is 23.2. The molecule has 1 saturated heterocycles. The number of rotatable bonds is 1. The second-order valence-electron chi connectivity index (χ2n) is 4.21. The summed E-state index contributed by atoms with van der Waals surface area (Å²) in [5, 5.41) is 2.75. The third-order valence-corrected chi connectivity index (χ3v) is 5.54. The molecule has 1 atom stereocenters. The number of nitrogens with two attached hydrogens (primary N) is 1. The van der Waals surface area contributed by atoms with Crippen LogP contribution in [0.5, 0.6) is 0 Å². The lowest BCUT2D eigenvalue weighted by atomic mass is 10.1. The van der Waals surface area contributed by atoms with E-state index in [1.165, 1.54) is 11.3 Å². The molecule has 17 heavy (non-hydrogen) atoms. The Hall–Kier alpha value is -1.21. The van der Waals surface area contributed by atoms with E-state index in [4.69, 9.17) is 5.73 Å². The van der Waals surface area contributed by atoms with Gasteiger partial charge in [-0.05, 0) is 17.9 Å². The summed E-state index contributed by atoms with van der Waals surface area (Å²) >= 11 is 1.49. The molecule has 1 aliphatic heterocycles. The van der Waals surface area contributed by atoms with Gasteiger partial charge in [-0.25, -0.2) is 18.4 Å². The third kappa shape index (κ3) is 1.89. The van der Waals surface area contributed by atoms with Gasteiger partial charge in [-0.3, -0.25) is 0 Å². The van der Waals surface area contributed by atoms with Crippen LogP contribution in [0.15, 0.2) is 11.4 Å². The molecule has 2 aromatic heterocycles. The Kier molecular flexibility index (Phi) is 2.34. The van der Waals surface area contributed by atoms with Crippen molar-refractivity contribution in [3.63, 3.8) is 0 Å². The molecule has 1 fully saturated rings. The monoisotopic (exact) mass is 269 g/mol. The Bertz CT molecular complexity index is 678. The number of thiophene rings is 1. The van der Waals surface area contributed by atoms with Crippen LogP contribution in [0.2, 0.25) is 0 Å². The lowest BCUT2D eigenvalue weighted by Crippen LogP contribution is -2.08. The summed E-state index contributed by atoms with van der Waals surface area (Å²) < 4.78 is 22.9. The maximum absolute atomic E-state index is 11.4. The second kappa shape index (κ2) is 3.64. The molecule has 0 saturated carbocycles. The first kappa shape index (κ1) is 10.9. The number of anilines is 1. The smallest absolute Gasteiger partial charge is 0.151 e. The molecule has 0 bridgehead atoms. The topological polar surface area (TPSA) is 85.9 Å². The first-order valence-electron chi connectivity index (χ1n) is 5.26. The van der Waals surface area contributed by atoms with Gasteiger partial charge in [0.15, 0.2) is 9.84 Å². The van der Waals surface area contributed by atoms with Crippen molar-refractivity contribution in [3.05, 3.63) is 17.3 Å². The second-order valence-corrected chi connectivity index (χ2v) is 7.33. The number of nitrogens with zero attached hydrogens (tertiary/aromatic N) is 2. The van der Waals surface area contributed by atoms with Gasteiger partial charge in [-0.15, -0.1) is 11.3 Å². The molecule has 0 aliphatic carbocycles. The molecule has 0 spiro atoms. The van der Waals surface area contributed by atoms with Gasteiger partial charge in [0.2, 0.25) is 0 Å². The van der Waals surface area contributed by atoms with Crippen molar-refractivity contribution >= 4 is 37.2 Å². The fourth-order valence-electron chi connectivity index (χ4n) is 2.08. The van der Waals surface area contributed by atoms with Crippen molar-refractivity contribution in [2.45, 2.75) is 12.3 Å². The van der Waals surface area contributed by atoms with Crippen LogP contribution in [0.4, 0.5) is 5.82 Å². The predicted molar refractivity (Wildman–Crippen MR) is 67.8 cm³/mol. The molecule has 3 heterocycles. The first-order valence-corrected chi connectivity index (χ1v) is 7.96. The lowest BCUT2D eigenvalue weighted by Gasteiger charge is -2.07. The van der Waals surface area contributed by atoms with Crippen LogP contribution in [-0.2, 0) is 9.84 Å². The summed E-state index contributed by atoms with van der Waals surface area (Å²) in [6, 6.07) is 1.88. The molecule has 2 aromatic rings. The molecule has 90 valence electrons. The number of fused-ring (bicyclic) bond motifs is 1. The molecule has 3 rings (SSSR count). The maximum Gasteiger partial charge on any atom is 0.151 e. The van der Waals surface area contributed by atoms with Crippen LogP contribution in [0.1, 0.15) is 18.2 Å². The minimum Gasteiger partial charge on any atom is -0.383 e. The zero-order chi connectivity index (χ0) is 12.0. The highest BCUT2D eigenvalue weighted by Gasteiger charge is 2.31. The zero-order valence-electron chi connectivity index (χ0n) is 8.96. The largest absolute Gasteiger partial charge is 0.383 e. The summed E-state index contributed by atoms with van der Waals surface area (Å²) in [5.74, 6) is 1.27. The maximum atomic E-state index is 11.4. The average Bonchev–Trinajstić information content (AvgIpc) is 2.84. The number of hydrogen-bond donors (Lipinski definition) is 1. The minimum absolute atomic E-state index is 0.103. The minimum atomic E-state index is -2.91. The van der Waals surface area contributed by atoms with Crippen LogP contribution in [-0.4, -0.2) is 29.9 Å². The Labute approximate surface area is 103 Å². The molecular formula is C10H11N3O2S2. The van der Waals surface area contributed by atoms with E-state index < -0.39 is 9.84 Å². The molecule has 0 aromatic carbocycles. The van der Waals surface area contributed by atoms with Gasteiger partial charge in [-0.2, -0.15) is 0 Å². The lowest BCUT2D eigenvalue weighted by molar-refractivity contribution is 0.601. The van der Waals surface area contributed by atoms with Gasteiger partial charge in [0.25, 0.3) is 0 Å². The van der Waals surface area contributed by atoms with E-state index in [0.717, 1.165) is 10.2 Å². The molecule has 1 aliphatic rings. The summed E-state index contributed by atoms with van der Waals surface area (Å²) in [6.45, 7) is 0. The standard InChI is InChI=1S/C10H11N3O2S2/c11-8-7-1-3-16-10(7)13-9(12-8)6-2-4-17(14,15)5-6/h1,3,6H,2,4-5H2,(H2,11,12,13). The molecule has 2 N–H and O–H groups in total. The van der Waals surface area contributed by atoms with Gasteiger partial charge in [0.05, 0.1) is 16.9 Å². The van der Waals surface area contributed by atoms with E-state index in [0.29, 0.717) is 18.1 Å². The fourth-order valence-corrected chi connectivity index (χ4v) is 4.59. The first-order chi connectivity index (χ1) is 8.05. The van der Waals surface area contributed by atoms with Crippen molar-refractivity contribution in [3.8, 4) is 0 Å². The van der Waals surface area contributed by atoms with Crippen molar-refractivity contribution in [2.24, 2.45) is 0 Å². The zero-order valence-corrected chi connectivity index (χ0v) is 10.6. The van der Waals surface area contributed by atoms with Crippen molar-refractivity contribution < 1.29 is 8.42 Å². The van der Waals surface area contributed by atoms with Crippen LogP contribution in [0.3, 0.4) is 0 Å². The van der Waals surface area contributed by atoms with E-state index in [2.05, 4.69) is 9.97 Å². The highest BCUT2D eigenvalue weighted by Crippen LogP contribution is 2.30. The Morgan fingerprint density at radius 3 is 2.94 bits per heavy atom. The van der Waals surface area contributed by atoms with Crippen LogP contribution in [0, 0.1) is 0 Å². The SMILES string of the molecule is Nc1nc(C2CCS(=O)(=O)C2)nc2sccc12. The van der Waals surface area contributed by atoms with Crippen LogP contribution >= 0.6 is 11.3 Å². The van der Waals surface area contributed by atoms with Gasteiger partial charge < -0.3 is 5.73 Å². The van der Waals surface area contributed by atoms with E-state index in [1.807, 2.05) is 11.4 Å². The third-order valence-electron chi connectivity index (χ3n) is 2.97.